The molecule has 1 aromatic rings. The van der Waals surface area contributed by atoms with Crippen LogP contribution in [-0.2, 0) is 14.3 Å². The second-order valence-electron chi connectivity index (χ2n) is 6.75. The van der Waals surface area contributed by atoms with Gasteiger partial charge in [0.1, 0.15) is 0 Å². The minimum Gasteiger partial charge on any atom is -0.493 e. The van der Waals surface area contributed by atoms with Gasteiger partial charge in [0.25, 0.3) is 0 Å². The van der Waals surface area contributed by atoms with E-state index in [2.05, 4.69) is 10.6 Å². The Morgan fingerprint density at radius 1 is 1.15 bits per heavy atom. The van der Waals surface area contributed by atoms with Gasteiger partial charge in [-0.3, -0.25) is 9.59 Å². The van der Waals surface area contributed by atoms with Crippen LogP contribution in [0.4, 0.5) is 0 Å². The highest BCUT2D eigenvalue weighted by atomic mass is 16.5. The lowest BCUT2D eigenvalue weighted by atomic mass is 9.93. The number of benzene rings is 1. The molecule has 1 atom stereocenters. The Morgan fingerprint density at radius 2 is 1.85 bits per heavy atom. The van der Waals surface area contributed by atoms with Gasteiger partial charge in [0.15, 0.2) is 11.5 Å². The van der Waals surface area contributed by atoms with E-state index in [1.807, 2.05) is 6.07 Å². The lowest BCUT2D eigenvalue weighted by molar-refractivity contribution is -0.141. The minimum absolute atomic E-state index is 0.0581. The minimum atomic E-state index is -0.474. The monoisotopic (exact) mass is 378 g/mol. The Kier molecular flexibility index (Phi) is 8.39. The first-order chi connectivity index (χ1) is 13.1. The molecule has 1 aromatic carbocycles. The largest absolute Gasteiger partial charge is 0.493 e. The van der Waals surface area contributed by atoms with E-state index in [0.717, 1.165) is 37.9 Å². The zero-order chi connectivity index (χ0) is 19.6. The summed E-state index contributed by atoms with van der Waals surface area (Å²) in [7, 11) is 4.45. The molecular weight excluding hydrogens is 348 g/mol. The normalized spacial score (nSPS) is 15.7. The van der Waals surface area contributed by atoms with Crippen molar-refractivity contribution < 1.29 is 23.8 Å². The molecule has 0 aliphatic carbocycles. The molecule has 1 aliphatic rings. The van der Waals surface area contributed by atoms with Gasteiger partial charge in [-0.05, 0) is 56.0 Å². The van der Waals surface area contributed by atoms with Crippen LogP contribution in [-0.4, -0.2) is 46.3 Å². The molecule has 1 amide bonds. The van der Waals surface area contributed by atoms with Crippen LogP contribution < -0.4 is 20.1 Å². The predicted molar refractivity (Wildman–Crippen MR) is 102 cm³/mol. The number of amides is 1. The summed E-state index contributed by atoms with van der Waals surface area (Å²) in [5.41, 5.74) is 0.772. The summed E-state index contributed by atoms with van der Waals surface area (Å²) in [5.74, 6) is 1.28. The number of methoxy groups -OCH3 is 3. The molecular formula is C20H30N2O5. The van der Waals surface area contributed by atoms with Crippen molar-refractivity contribution in [3.05, 3.63) is 23.8 Å². The molecule has 0 saturated carbocycles. The SMILES string of the molecule is COC(=O)CC(NC(=O)CCC1CCNCC1)c1ccc(OC)c(OC)c1. The maximum Gasteiger partial charge on any atom is 0.307 e. The smallest absolute Gasteiger partial charge is 0.307 e. The van der Waals surface area contributed by atoms with Crippen molar-refractivity contribution in [2.24, 2.45) is 5.92 Å². The van der Waals surface area contributed by atoms with Gasteiger partial charge < -0.3 is 24.8 Å². The number of carbonyl (C=O) groups excluding carboxylic acids is 2. The van der Waals surface area contributed by atoms with Crippen molar-refractivity contribution in [1.82, 2.24) is 10.6 Å². The first kappa shape index (κ1) is 21.0. The second-order valence-corrected chi connectivity index (χ2v) is 6.75. The highest BCUT2D eigenvalue weighted by Gasteiger charge is 2.21. The van der Waals surface area contributed by atoms with Crippen molar-refractivity contribution in [3.63, 3.8) is 0 Å². The number of hydrogen-bond donors (Lipinski definition) is 2. The molecule has 1 aliphatic heterocycles. The Labute approximate surface area is 160 Å². The van der Waals surface area contributed by atoms with E-state index in [-0.39, 0.29) is 18.3 Å². The second kappa shape index (κ2) is 10.8. The number of nitrogens with one attached hydrogen (secondary N) is 2. The highest BCUT2D eigenvalue weighted by Crippen LogP contribution is 2.31. The molecule has 0 radical (unpaired) electrons. The van der Waals surface area contributed by atoms with Gasteiger partial charge in [0, 0.05) is 6.42 Å². The van der Waals surface area contributed by atoms with E-state index in [1.54, 1.807) is 26.4 Å². The Morgan fingerprint density at radius 3 is 2.48 bits per heavy atom. The zero-order valence-electron chi connectivity index (χ0n) is 16.4. The van der Waals surface area contributed by atoms with Crippen LogP contribution in [0, 0.1) is 5.92 Å². The first-order valence-corrected chi connectivity index (χ1v) is 9.36. The summed E-state index contributed by atoms with van der Waals surface area (Å²) >= 11 is 0. The number of ether oxygens (including phenoxy) is 3. The third-order valence-corrected chi connectivity index (χ3v) is 4.98. The van der Waals surface area contributed by atoms with Crippen LogP contribution in [0.1, 0.15) is 43.7 Å². The van der Waals surface area contributed by atoms with Crippen LogP contribution >= 0.6 is 0 Å². The van der Waals surface area contributed by atoms with Crippen LogP contribution in [0.3, 0.4) is 0 Å². The number of esters is 1. The van der Waals surface area contributed by atoms with E-state index in [0.29, 0.717) is 23.8 Å². The fourth-order valence-electron chi connectivity index (χ4n) is 3.34. The summed E-state index contributed by atoms with van der Waals surface area (Å²) in [6, 6.07) is 4.89. The molecule has 1 saturated heterocycles. The van der Waals surface area contributed by atoms with E-state index in [4.69, 9.17) is 14.2 Å². The average molecular weight is 378 g/mol. The van der Waals surface area contributed by atoms with E-state index in [1.165, 1.54) is 7.11 Å². The van der Waals surface area contributed by atoms with Crippen molar-refractivity contribution in [3.8, 4) is 11.5 Å². The molecule has 27 heavy (non-hydrogen) atoms. The number of rotatable bonds is 9. The summed E-state index contributed by atoms with van der Waals surface area (Å²) in [5, 5.41) is 6.31. The topological polar surface area (TPSA) is 85.9 Å². The van der Waals surface area contributed by atoms with Crippen molar-refractivity contribution in [1.29, 1.82) is 0 Å². The van der Waals surface area contributed by atoms with Gasteiger partial charge in [-0.1, -0.05) is 6.07 Å². The van der Waals surface area contributed by atoms with Gasteiger partial charge in [0.05, 0.1) is 33.8 Å². The third-order valence-electron chi connectivity index (χ3n) is 4.98. The van der Waals surface area contributed by atoms with Crippen LogP contribution in [0.25, 0.3) is 0 Å². The molecule has 7 nitrogen and oxygen atoms in total. The zero-order valence-corrected chi connectivity index (χ0v) is 16.4. The molecule has 150 valence electrons. The molecule has 1 heterocycles. The molecule has 1 unspecified atom stereocenters. The fraction of sp³-hybridized carbons (Fsp3) is 0.600. The molecule has 7 heteroatoms. The van der Waals surface area contributed by atoms with Gasteiger partial charge in [0.2, 0.25) is 5.91 Å². The number of carbonyl (C=O) groups is 2. The van der Waals surface area contributed by atoms with Crippen LogP contribution in [0.2, 0.25) is 0 Å². The molecule has 0 aromatic heterocycles. The van der Waals surface area contributed by atoms with Crippen molar-refractivity contribution in [2.45, 2.75) is 38.1 Å². The van der Waals surface area contributed by atoms with E-state index >= 15 is 0 Å². The third kappa shape index (κ3) is 6.43. The van der Waals surface area contributed by atoms with Crippen molar-refractivity contribution in [2.75, 3.05) is 34.4 Å². The molecule has 2 rings (SSSR count). The van der Waals surface area contributed by atoms with Gasteiger partial charge in [-0.2, -0.15) is 0 Å². The van der Waals surface area contributed by atoms with Gasteiger partial charge in [-0.25, -0.2) is 0 Å². The maximum atomic E-state index is 12.5. The molecule has 0 bridgehead atoms. The average Bonchev–Trinajstić information content (AvgIpc) is 2.71. The Hall–Kier alpha value is -2.28. The Balaban J connectivity index is 2.04. The first-order valence-electron chi connectivity index (χ1n) is 9.36. The molecule has 1 fully saturated rings. The van der Waals surface area contributed by atoms with E-state index in [9.17, 15) is 9.59 Å². The van der Waals surface area contributed by atoms with Crippen LogP contribution in [0.5, 0.6) is 11.5 Å². The maximum absolute atomic E-state index is 12.5. The molecule has 2 N–H and O–H groups in total. The highest BCUT2D eigenvalue weighted by molar-refractivity contribution is 5.78. The number of hydrogen-bond acceptors (Lipinski definition) is 6. The number of piperidine rings is 1. The standard InChI is InChI=1S/C20H30N2O5/c1-25-17-6-5-15(12-18(17)26-2)16(13-20(24)27-3)22-19(23)7-4-14-8-10-21-11-9-14/h5-6,12,14,16,21H,4,7-11,13H2,1-3H3,(H,22,23). The summed E-state index contributed by atoms with van der Waals surface area (Å²) in [6.07, 6.45) is 3.59. The van der Waals surface area contributed by atoms with Crippen molar-refractivity contribution >= 4 is 11.9 Å². The Bertz CT molecular complexity index is 629. The lowest BCUT2D eigenvalue weighted by Crippen LogP contribution is -2.32. The lowest BCUT2D eigenvalue weighted by Gasteiger charge is -2.23. The summed E-state index contributed by atoms with van der Waals surface area (Å²) in [4.78, 5) is 24.3. The summed E-state index contributed by atoms with van der Waals surface area (Å²) in [6.45, 7) is 2.03. The quantitative estimate of drug-likeness (QED) is 0.641. The molecule has 0 spiro atoms. The summed E-state index contributed by atoms with van der Waals surface area (Å²) < 4.78 is 15.4. The predicted octanol–water partition coefficient (Wildman–Crippen LogP) is 2.20. The fourth-order valence-corrected chi connectivity index (χ4v) is 3.34. The van der Waals surface area contributed by atoms with Gasteiger partial charge >= 0.3 is 5.97 Å². The van der Waals surface area contributed by atoms with Gasteiger partial charge in [-0.15, -0.1) is 0 Å². The van der Waals surface area contributed by atoms with E-state index < -0.39 is 6.04 Å². The van der Waals surface area contributed by atoms with Crippen LogP contribution in [0.15, 0.2) is 18.2 Å².